The summed E-state index contributed by atoms with van der Waals surface area (Å²) in [6.45, 7) is 3.90. The van der Waals surface area contributed by atoms with Crippen molar-refractivity contribution in [1.29, 1.82) is 0 Å². The summed E-state index contributed by atoms with van der Waals surface area (Å²) in [5, 5.41) is 6.04. The minimum Gasteiger partial charge on any atom is -0.398 e. The highest BCUT2D eigenvalue weighted by Crippen LogP contribution is 2.31. The first-order chi connectivity index (χ1) is 7.11. The van der Waals surface area contributed by atoms with Gasteiger partial charge in [-0.1, -0.05) is 6.92 Å². The Morgan fingerprint density at radius 1 is 1.40 bits per heavy atom. The quantitative estimate of drug-likeness (QED) is 0.611. The van der Waals surface area contributed by atoms with Crippen molar-refractivity contribution >= 4 is 23.0 Å². The van der Waals surface area contributed by atoms with Crippen LogP contribution in [0.1, 0.15) is 18.9 Å². The Kier molecular flexibility index (Phi) is 2.26. The molecule has 4 nitrogen and oxygen atoms in total. The van der Waals surface area contributed by atoms with E-state index < -0.39 is 0 Å². The number of fused-ring (bicyclic) bond motifs is 1. The van der Waals surface area contributed by atoms with Crippen LogP contribution in [0, 0.1) is 6.92 Å². The molecule has 1 aromatic carbocycles. The smallest absolute Gasteiger partial charge is 0.246 e. The highest BCUT2D eigenvalue weighted by atomic mass is 16.2. The number of aryl methyl sites for hydroxylation is 1. The number of benzene rings is 1. The van der Waals surface area contributed by atoms with E-state index in [-0.39, 0.29) is 11.9 Å². The number of amides is 1. The molecule has 1 amide bonds. The molecule has 0 radical (unpaired) electrons. The SMILES string of the molecule is CCC1Nc2cc(N)c(C)cc2NC1=O. The number of carbonyl (C=O) groups excluding carboxylic acids is 1. The molecule has 0 saturated carbocycles. The van der Waals surface area contributed by atoms with Crippen LogP contribution in [-0.2, 0) is 4.79 Å². The zero-order valence-electron chi connectivity index (χ0n) is 8.92. The van der Waals surface area contributed by atoms with Gasteiger partial charge in [-0.25, -0.2) is 0 Å². The predicted octanol–water partition coefficient (Wildman–Crippen LogP) is 1.72. The Morgan fingerprint density at radius 2 is 2.13 bits per heavy atom. The van der Waals surface area contributed by atoms with Crippen molar-refractivity contribution in [3.8, 4) is 0 Å². The number of nitrogen functional groups attached to an aromatic ring is 1. The summed E-state index contributed by atoms with van der Waals surface area (Å²) in [6.07, 6.45) is 0.763. The zero-order valence-corrected chi connectivity index (χ0v) is 8.92. The maximum absolute atomic E-state index is 11.6. The fourth-order valence-electron chi connectivity index (χ4n) is 1.71. The molecular weight excluding hydrogens is 190 g/mol. The summed E-state index contributed by atoms with van der Waals surface area (Å²) in [7, 11) is 0. The lowest BCUT2D eigenvalue weighted by Gasteiger charge is -2.26. The molecule has 1 aliphatic heterocycles. The Hall–Kier alpha value is -1.71. The maximum Gasteiger partial charge on any atom is 0.246 e. The number of rotatable bonds is 1. The van der Waals surface area contributed by atoms with Crippen LogP contribution in [0.25, 0.3) is 0 Å². The van der Waals surface area contributed by atoms with Crippen LogP contribution in [0.15, 0.2) is 12.1 Å². The fourth-order valence-corrected chi connectivity index (χ4v) is 1.71. The van der Waals surface area contributed by atoms with Crippen molar-refractivity contribution in [3.63, 3.8) is 0 Å². The lowest BCUT2D eigenvalue weighted by Crippen LogP contribution is -2.38. The van der Waals surface area contributed by atoms with Gasteiger partial charge in [-0.3, -0.25) is 4.79 Å². The number of nitrogens with two attached hydrogens (primary N) is 1. The van der Waals surface area contributed by atoms with E-state index >= 15 is 0 Å². The van der Waals surface area contributed by atoms with Crippen LogP contribution < -0.4 is 16.4 Å². The summed E-state index contributed by atoms with van der Waals surface area (Å²) >= 11 is 0. The molecular formula is C11H15N3O. The van der Waals surface area contributed by atoms with E-state index in [1.165, 1.54) is 0 Å². The summed E-state index contributed by atoms with van der Waals surface area (Å²) in [6, 6.07) is 3.61. The van der Waals surface area contributed by atoms with Crippen LogP contribution in [0.4, 0.5) is 17.1 Å². The van der Waals surface area contributed by atoms with Crippen molar-refractivity contribution in [2.24, 2.45) is 0 Å². The van der Waals surface area contributed by atoms with Crippen molar-refractivity contribution in [1.82, 2.24) is 0 Å². The monoisotopic (exact) mass is 205 g/mol. The highest BCUT2D eigenvalue weighted by molar-refractivity contribution is 6.03. The van der Waals surface area contributed by atoms with Crippen LogP contribution in [0.5, 0.6) is 0 Å². The van der Waals surface area contributed by atoms with Crippen molar-refractivity contribution in [3.05, 3.63) is 17.7 Å². The summed E-state index contributed by atoms with van der Waals surface area (Å²) in [4.78, 5) is 11.6. The number of hydrogen-bond acceptors (Lipinski definition) is 3. The maximum atomic E-state index is 11.6. The second-order valence-electron chi connectivity index (χ2n) is 3.85. The normalized spacial score (nSPS) is 19.1. The number of anilines is 3. The number of carbonyl (C=O) groups is 1. The van der Waals surface area contributed by atoms with Gasteiger partial charge in [0, 0.05) is 5.69 Å². The van der Waals surface area contributed by atoms with Crippen LogP contribution >= 0.6 is 0 Å². The summed E-state index contributed by atoms with van der Waals surface area (Å²) < 4.78 is 0. The predicted molar refractivity (Wildman–Crippen MR) is 61.9 cm³/mol. The second-order valence-corrected chi connectivity index (χ2v) is 3.85. The Morgan fingerprint density at radius 3 is 2.80 bits per heavy atom. The van der Waals surface area contributed by atoms with E-state index in [1.807, 2.05) is 26.0 Å². The Balaban J connectivity index is 2.41. The third-order valence-electron chi connectivity index (χ3n) is 2.72. The zero-order chi connectivity index (χ0) is 11.0. The average Bonchev–Trinajstić information content (AvgIpc) is 2.20. The Bertz CT molecular complexity index is 415. The lowest BCUT2D eigenvalue weighted by molar-refractivity contribution is -0.117. The largest absolute Gasteiger partial charge is 0.398 e. The number of nitrogens with one attached hydrogen (secondary N) is 2. The van der Waals surface area contributed by atoms with Gasteiger partial charge in [0.25, 0.3) is 0 Å². The highest BCUT2D eigenvalue weighted by Gasteiger charge is 2.23. The summed E-state index contributed by atoms with van der Waals surface area (Å²) in [5.41, 5.74) is 9.26. The van der Waals surface area contributed by atoms with Gasteiger partial charge in [-0.2, -0.15) is 0 Å². The first-order valence-corrected chi connectivity index (χ1v) is 5.09. The van der Waals surface area contributed by atoms with E-state index in [0.29, 0.717) is 0 Å². The molecule has 0 aliphatic carbocycles. The molecule has 0 saturated heterocycles. The first kappa shape index (κ1) is 9.83. The minimum absolute atomic E-state index is 0.0224. The van der Waals surface area contributed by atoms with Crippen LogP contribution in [0.2, 0.25) is 0 Å². The van der Waals surface area contributed by atoms with E-state index in [2.05, 4.69) is 10.6 Å². The Labute approximate surface area is 88.9 Å². The summed E-state index contributed by atoms with van der Waals surface area (Å²) in [5.74, 6) is 0.0224. The molecule has 0 fully saturated rings. The second kappa shape index (κ2) is 3.46. The van der Waals surface area contributed by atoms with E-state index in [4.69, 9.17) is 5.73 Å². The van der Waals surface area contributed by atoms with Gasteiger partial charge >= 0.3 is 0 Å². The van der Waals surface area contributed by atoms with E-state index in [1.54, 1.807) is 0 Å². The third kappa shape index (κ3) is 1.63. The molecule has 1 atom stereocenters. The van der Waals surface area contributed by atoms with Crippen molar-refractivity contribution < 1.29 is 4.79 Å². The molecule has 1 aliphatic rings. The average molecular weight is 205 g/mol. The minimum atomic E-state index is -0.153. The third-order valence-corrected chi connectivity index (χ3v) is 2.72. The fraction of sp³-hybridized carbons (Fsp3) is 0.364. The number of hydrogen-bond donors (Lipinski definition) is 3. The molecule has 1 aromatic rings. The van der Waals surface area contributed by atoms with Crippen molar-refractivity contribution in [2.45, 2.75) is 26.3 Å². The molecule has 1 unspecified atom stereocenters. The molecule has 0 spiro atoms. The van der Waals surface area contributed by atoms with Gasteiger partial charge in [-0.05, 0) is 31.0 Å². The van der Waals surface area contributed by atoms with Gasteiger partial charge < -0.3 is 16.4 Å². The lowest BCUT2D eigenvalue weighted by atomic mass is 10.1. The van der Waals surface area contributed by atoms with E-state index in [0.717, 1.165) is 29.0 Å². The van der Waals surface area contributed by atoms with E-state index in [9.17, 15) is 4.79 Å². The molecule has 15 heavy (non-hydrogen) atoms. The molecule has 4 N–H and O–H groups in total. The molecule has 0 aromatic heterocycles. The van der Waals surface area contributed by atoms with Crippen LogP contribution in [0.3, 0.4) is 0 Å². The topological polar surface area (TPSA) is 67.2 Å². The molecule has 1 heterocycles. The molecule has 4 heteroatoms. The van der Waals surface area contributed by atoms with Crippen molar-refractivity contribution in [2.75, 3.05) is 16.4 Å². The molecule has 0 bridgehead atoms. The van der Waals surface area contributed by atoms with Gasteiger partial charge in [0.1, 0.15) is 6.04 Å². The van der Waals surface area contributed by atoms with Gasteiger partial charge in [0.15, 0.2) is 0 Å². The van der Waals surface area contributed by atoms with Gasteiger partial charge in [0.2, 0.25) is 5.91 Å². The van der Waals surface area contributed by atoms with Gasteiger partial charge in [-0.15, -0.1) is 0 Å². The molecule has 80 valence electrons. The molecule has 2 rings (SSSR count). The first-order valence-electron chi connectivity index (χ1n) is 5.09. The van der Waals surface area contributed by atoms with Gasteiger partial charge in [0.05, 0.1) is 11.4 Å². The van der Waals surface area contributed by atoms with Crippen LogP contribution in [-0.4, -0.2) is 11.9 Å². The standard InChI is InChI=1S/C11H15N3O/c1-3-8-11(15)14-9-4-6(2)7(12)5-10(9)13-8/h4-5,8,13H,3,12H2,1-2H3,(H,14,15).